The zero-order valence-corrected chi connectivity index (χ0v) is 32.2. The highest BCUT2D eigenvalue weighted by Crippen LogP contribution is 2.47. The third kappa shape index (κ3) is 5.05. The first-order valence-electron chi connectivity index (χ1n) is 19.7. The van der Waals surface area contributed by atoms with E-state index >= 15 is 0 Å². The van der Waals surface area contributed by atoms with Crippen LogP contribution < -0.4 is 4.90 Å². The Labute approximate surface area is 338 Å². The minimum absolute atomic E-state index is 0.891. The molecule has 0 saturated heterocycles. The number of aromatic nitrogens is 1. The number of hydrogen-bond donors (Lipinski definition) is 0. The molecule has 0 fully saturated rings. The number of rotatable bonds is 6. The number of benzene rings is 9. The molecule has 0 aliphatic heterocycles. The lowest BCUT2D eigenvalue weighted by atomic mass is 9.95. The minimum Gasteiger partial charge on any atom is -0.455 e. The maximum absolute atomic E-state index is 6.72. The van der Waals surface area contributed by atoms with Gasteiger partial charge < -0.3 is 13.9 Å². The lowest BCUT2D eigenvalue weighted by Crippen LogP contribution is -2.10. The van der Waals surface area contributed by atoms with E-state index in [1.54, 1.807) is 0 Å². The van der Waals surface area contributed by atoms with Gasteiger partial charge in [-0.25, -0.2) is 0 Å². The molecule has 9 aromatic carbocycles. The van der Waals surface area contributed by atoms with Crippen molar-refractivity contribution < 1.29 is 4.42 Å². The molecule has 0 amide bonds. The van der Waals surface area contributed by atoms with Crippen molar-refractivity contribution in [2.75, 3.05) is 4.90 Å². The van der Waals surface area contributed by atoms with Crippen LogP contribution in [0, 0.1) is 0 Å². The highest BCUT2D eigenvalue weighted by molar-refractivity contribution is 7.26. The van der Waals surface area contributed by atoms with Crippen molar-refractivity contribution in [2.24, 2.45) is 0 Å². The second-order valence-electron chi connectivity index (χ2n) is 14.9. The third-order valence-electron chi connectivity index (χ3n) is 11.6. The van der Waals surface area contributed by atoms with Gasteiger partial charge in [0.1, 0.15) is 11.2 Å². The summed E-state index contributed by atoms with van der Waals surface area (Å²) < 4.78 is 11.7. The normalized spacial score (nSPS) is 11.8. The van der Waals surface area contributed by atoms with Crippen molar-refractivity contribution in [1.82, 2.24) is 4.57 Å². The fourth-order valence-electron chi connectivity index (χ4n) is 8.99. The van der Waals surface area contributed by atoms with Gasteiger partial charge in [-0.1, -0.05) is 146 Å². The average Bonchev–Trinajstić information content (AvgIpc) is 3.97. The van der Waals surface area contributed by atoms with Crippen molar-refractivity contribution in [3.63, 3.8) is 0 Å². The molecule has 0 bridgehead atoms. The molecule has 0 unspecified atom stereocenters. The summed E-state index contributed by atoms with van der Waals surface area (Å²) in [6, 6.07) is 74.4. The van der Waals surface area contributed by atoms with Crippen LogP contribution in [-0.4, -0.2) is 4.57 Å². The maximum atomic E-state index is 6.72. The molecule has 272 valence electrons. The SMILES string of the molecule is c1ccc(-c2ccc(-n3c4ccccc4c4ccc(N(c5ccccc5)c5cccc6c5sc5ccccc56)cc43)c(-c3cccc4c3oc3ccccc34)c2)cc1. The topological polar surface area (TPSA) is 21.3 Å². The molecular formula is C54H34N2OS. The van der Waals surface area contributed by atoms with Crippen LogP contribution in [0.15, 0.2) is 211 Å². The molecular weight excluding hydrogens is 725 g/mol. The lowest BCUT2D eigenvalue weighted by molar-refractivity contribution is 0.670. The summed E-state index contributed by atoms with van der Waals surface area (Å²) in [6.07, 6.45) is 0. The van der Waals surface area contributed by atoms with E-state index < -0.39 is 0 Å². The summed E-state index contributed by atoms with van der Waals surface area (Å²) in [5.41, 5.74) is 13.0. The molecule has 0 aliphatic rings. The number of thiophene rings is 1. The molecule has 58 heavy (non-hydrogen) atoms. The number of hydrogen-bond acceptors (Lipinski definition) is 3. The Hall–Kier alpha value is -7.40. The number of anilines is 3. The highest BCUT2D eigenvalue weighted by atomic mass is 32.1. The zero-order valence-electron chi connectivity index (χ0n) is 31.3. The fraction of sp³-hybridized carbons (Fsp3) is 0. The highest BCUT2D eigenvalue weighted by Gasteiger charge is 2.23. The van der Waals surface area contributed by atoms with E-state index in [1.807, 2.05) is 17.4 Å². The van der Waals surface area contributed by atoms with Crippen molar-refractivity contribution >= 4 is 92.3 Å². The molecule has 0 spiro atoms. The molecule has 3 nitrogen and oxygen atoms in total. The Bertz CT molecular complexity index is 3520. The van der Waals surface area contributed by atoms with E-state index in [0.717, 1.165) is 72.4 Å². The second kappa shape index (κ2) is 13.1. The molecule has 3 heterocycles. The summed E-state index contributed by atoms with van der Waals surface area (Å²) in [6.45, 7) is 0. The largest absolute Gasteiger partial charge is 0.455 e. The van der Waals surface area contributed by atoms with Crippen LogP contribution in [0.4, 0.5) is 17.1 Å². The molecule has 12 aromatic rings. The van der Waals surface area contributed by atoms with Crippen LogP contribution in [0.3, 0.4) is 0 Å². The van der Waals surface area contributed by atoms with Gasteiger partial charge in [0, 0.05) is 59.5 Å². The van der Waals surface area contributed by atoms with Gasteiger partial charge in [0.25, 0.3) is 0 Å². The van der Waals surface area contributed by atoms with E-state index in [0.29, 0.717) is 0 Å². The Kier molecular flexibility index (Phi) is 7.40. The predicted molar refractivity (Wildman–Crippen MR) is 247 cm³/mol. The first-order valence-corrected chi connectivity index (χ1v) is 20.5. The minimum atomic E-state index is 0.891. The Morgan fingerprint density at radius 2 is 1.10 bits per heavy atom. The van der Waals surface area contributed by atoms with Gasteiger partial charge in [0.05, 0.1) is 27.1 Å². The standard InChI is InChI=1S/C54H34N2OS/c1-3-15-35(16-4-1)36-29-32-48(46(33-36)44-23-13-22-43-41-20-8-11-27-51(41)57-53(43)44)56-47-25-10-7-19-39(47)40-31-30-38(34-50(40)56)55(37-17-5-2-6-18-37)49-26-14-24-45-42-21-9-12-28-52(42)58-54(45)49/h1-34H. The lowest BCUT2D eigenvalue weighted by Gasteiger charge is -2.26. The van der Waals surface area contributed by atoms with Gasteiger partial charge in [0.15, 0.2) is 0 Å². The Balaban J connectivity index is 1.15. The van der Waals surface area contributed by atoms with E-state index in [-0.39, 0.29) is 0 Å². The third-order valence-corrected chi connectivity index (χ3v) is 12.8. The Morgan fingerprint density at radius 1 is 0.414 bits per heavy atom. The first kappa shape index (κ1) is 32.8. The van der Waals surface area contributed by atoms with Gasteiger partial charge in [-0.15, -0.1) is 11.3 Å². The molecule has 0 radical (unpaired) electrons. The summed E-state index contributed by atoms with van der Waals surface area (Å²) >= 11 is 1.86. The van der Waals surface area contributed by atoms with Gasteiger partial charge in [0.2, 0.25) is 0 Å². The summed E-state index contributed by atoms with van der Waals surface area (Å²) in [5, 5.41) is 7.21. The molecule has 4 heteroatoms. The van der Waals surface area contributed by atoms with E-state index in [4.69, 9.17) is 4.42 Å². The quantitative estimate of drug-likeness (QED) is 0.168. The van der Waals surface area contributed by atoms with E-state index in [2.05, 4.69) is 210 Å². The monoisotopic (exact) mass is 758 g/mol. The molecule has 0 N–H and O–H groups in total. The molecule has 3 aromatic heterocycles. The van der Waals surface area contributed by atoms with Crippen molar-refractivity contribution in [1.29, 1.82) is 0 Å². The smallest absolute Gasteiger partial charge is 0.143 e. The van der Waals surface area contributed by atoms with Gasteiger partial charge >= 0.3 is 0 Å². The van der Waals surface area contributed by atoms with E-state index in [1.165, 1.54) is 36.5 Å². The van der Waals surface area contributed by atoms with Gasteiger partial charge in [-0.3, -0.25) is 0 Å². The number of fused-ring (bicyclic) bond motifs is 9. The Morgan fingerprint density at radius 3 is 1.98 bits per heavy atom. The van der Waals surface area contributed by atoms with Gasteiger partial charge in [-0.2, -0.15) is 0 Å². The van der Waals surface area contributed by atoms with Crippen LogP contribution >= 0.6 is 11.3 Å². The molecule has 0 aliphatic carbocycles. The maximum Gasteiger partial charge on any atom is 0.143 e. The average molecular weight is 759 g/mol. The van der Waals surface area contributed by atoms with Crippen LogP contribution in [0.1, 0.15) is 0 Å². The van der Waals surface area contributed by atoms with Gasteiger partial charge in [-0.05, 0) is 71.8 Å². The van der Waals surface area contributed by atoms with Crippen LogP contribution in [0.2, 0.25) is 0 Å². The number of nitrogens with zero attached hydrogens (tertiary/aromatic N) is 2. The number of furan rings is 1. The van der Waals surface area contributed by atoms with Crippen LogP contribution in [0.5, 0.6) is 0 Å². The zero-order chi connectivity index (χ0) is 38.2. The number of para-hydroxylation sites is 4. The summed E-state index contributed by atoms with van der Waals surface area (Å²) in [5.74, 6) is 0. The summed E-state index contributed by atoms with van der Waals surface area (Å²) in [4.78, 5) is 2.42. The van der Waals surface area contributed by atoms with E-state index in [9.17, 15) is 0 Å². The summed E-state index contributed by atoms with van der Waals surface area (Å²) in [7, 11) is 0. The van der Waals surface area contributed by atoms with Crippen molar-refractivity contribution in [3.8, 4) is 27.9 Å². The van der Waals surface area contributed by atoms with Crippen LogP contribution in [0.25, 0.3) is 91.9 Å². The van der Waals surface area contributed by atoms with Crippen molar-refractivity contribution in [2.45, 2.75) is 0 Å². The first-order chi connectivity index (χ1) is 28.8. The molecule has 0 atom stereocenters. The predicted octanol–water partition coefficient (Wildman–Crippen LogP) is 15.9. The second-order valence-corrected chi connectivity index (χ2v) is 15.9. The van der Waals surface area contributed by atoms with Crippen LogP contribution in [-0.2, 0) is 0 Å². The molecule has 12 rings (SSSR count). The molecule has 0 saturated carbocycles. The fourth-order valence-corrected chi connectivity index (χ4v) is 10.2. The van der Waals surface area contributed by atoms with Crippen molar-refractivity contribution in [3.05, 3.63) is 206 Å².